The number of benzene rings is 1. The van der Waals surface area contributed by atoms with Gasteiger partial charge in [-0.2, -0.15) is 0 Å². The van der Waals surface area contributed by atoms with Gasteiger partial charge in [0.2, 0.25) is 0 Å². The van der Waals surface area contributed by atoms with E-state index in [1.54, 1.807) is 0 Å². The Balaban J connectivity index is 0. The summed E-state index contributed by atoms with van der Waals surface area (Å²) in [5.41, 5.74) is 2.31. The summed E-state index contributed by atoms with van der Waals surface area (Å²) in [7, 11) is 0. The maximum Gasteiger partial charge on any atom is -0.0256 e. The van der Waals surface area contributed by atoms with Crippen molar-refractivity contribution in [2.24, 2.45) is 0 Å². The lowest BCUT2D eigenvalue weighted by Gasteiger charge is -1.92. The Labute approximate surface area is 119 Å². The predicted molar refractivity (Wildman–Crippen MR) is 91.3 cm³/mol. The standard InChI is InChI=1S/C15H16.2C2H6/c1-3-5-9-14(4-2)12-13-15-10-7-6-8-11-15;2*1-2/h3-13H,2H2,1H3;2*1-2H3/b5-3-,13-12+,14-9+;;. The molecule has 0 atom stereocenters. The molecule has 0 aliphatic heterocycles. The van der Waals surface area contributed by atoms with Gasteiger partial charge in [0.05, 0.1) is 0 Å². The lowest BCUT2D eigenvalue weighted by molar-refractivity contribution is 1.50. The monoisotopic (exact) mass is 256 g/mol. The molecule has 1 aromatic carbocycles. The van der Waals surface area contributed by atoms with E-state index in [0.717, 1.165) is 5.57 Å². The smallest absolute Gasteiger partial charge is 0.0256 e. The van der Waals surface area contributed by atoms with E-state index in [4.69, 9.17) is 0 Å². The normalized spacial score (nSPS) is 10.5. The summed E-state index contributed by atoms with van der Waals surface area (Å²) in [6, 6.07) is 10.2. The Morgan fingerprint density at radius 2 is 1.58 bits per heavy atom. The van der Waals surface area contributed by atoms with Gasteiger partial charge in [-0.3, -0.25) is 0 Å². The molecule has 0 aliphatic rings. The first-order valence-electron chi connectivity index (χ1n) is 7.05. The number of allylic oxidation sites excluding steroid dienone is 6. The van der Waals surface area contributed by atoms with Crippen LogP contribution >= 0.6 is 0 Å². The molecule has 0 spiro atoms. The first kappa shape index (κ1) is 19.5. The predicted octanol–water partition coefficient (Wildman–Crippen LogP) is 6.44. The molecule has 104 valence electrons. The molecule has 0 heteroatoms. The second kappa shape index (κ2) is 16.2. The molecule has 0 bridgehead atoms. The third kappa shape index (κ3) is 11.0. The van der Waals surface area contributed by atoms with Crippen molar-refractivity contribution in [2.75, 3.05) is 0 Å². The van der Waals surface area contributed by atoms with Gasteiger partial charge < -0.3 is 0 Å². The van der Waals surface area contributed by atoms with E-state index in [1.165, 1.54) is 5.56 Å². The fourth-order valence-electron chi connectivity index (χ4n) is 1.16. The summed E-state index contributed by atoms with van der Waals surface area (Å²) in [6.45, 7) is 13.8. The van der Waals surface area contributed by atoms with Crippen LogP contribution in [0.3, 0.4) is 0 Å². The van der Waals surface area contributed by atoms with Crippen LogP contribution < -0.4 is 0 Å². The Morgan fingerprint density at radius 3 is 2.05 bits per heavy atom. The zero-order chi connectivity index (χ0) is 14.9. The van der Waals surface area contributed by atoms with Gasteiger partial charge in [-0.05, 0) is 18.1 Å². The summed E-state index contributed by atoms with van der Waals surface area (Å²) in [5, 5.41) is 0. The van der Waals surface area contributed by atoms with E-state index < -0.39 is 0 Å². The van der Waals surface area contributed by atoms with Crippen molar-refractivity contribution in [1.29, 1.82) is 0 Å². The topological polar surface area (TPSA) is 0 Å². The minimum Gasteiger partial charge on any atom is -0.0985 e. The molecular weight excluding hydrogens is 228 g/mol. The molecule has 1 aromatic rings. The van der Waals surface area contributed by atoms with Crippen LogP contribution in [-0.2, 0) is 0 Å². The second-order valence-corrected chi connectivity index (χ2v) is 3.14. The minimum atomic E-state index is 1.11. The van der Waals surface area contributed by atoms with Crippen molar-refractivity contribution in [1.82, 2.24) is 0 Å². The fraction of sp³-hybridized carbons (Fsp3) is 0.263. The van der Waals surface area contributed by atoms with Crippen LogP contribution in [-0.4, -0.2) is 0 Å². The van der Waals surface area contributed by atoms with Crippen LogP contribution in [0, 0.1) is 0 Å². The Kier molecular flexibility index (Phi) is 16.6. The van der Waals surface area contributed by atoms with Crippen LogP contribution in [0.4, 0.5) is 0 Å². The molecule has 0 saturated heterocycles. The second-order valence-electron chi connectivity index (χ2n) is 3.14. The van der Waals surface area contributed by atoms with Crippen LogP contribution in [0.1, 0.15) is 40.2 Å². The third-order valence-electron chi connectivity index (χ3n) is 1.98. The summed E-state index contributed by atoms with van der Waals surface area (Å²) in [5.74, 6) is 0. The SMILES string of the molecule is C=CC(/C=C/c1ccccc1)=C\C=C/C.CC.CC. The first-order chi connectivity index (χ1) is 9.36. The van der Waals surface area contributed by atoms with Gasteiger partial charge in [-0.1, -0.05) is 101 Å². The minimum absolute atomic E-state index is 1.11. The molecule has 0 radical (unpaired) electrons. The summed E-state index contributed by atoms with van der Waals surface area (Å²) in [6.07, 6.45) is 12.0. The van der Waals surface area contributed by atoms with E-state index in [2.05, 4.69) is 30.9 Å². The summed E-state index contributed by atoms with van der Waals surface area (Å²) < 4.78 is 0. The largest absolute Gasteiger partial charge is 0.0985 e. The Bertz CT molecular complexity index is 378. The van der Waals surface area contributed by atoms with Crippen LogP contribution in [0.5, 0.6) is 0 Å². The molecule has 0 amide bonds. The molecule has 0 aromatic heterocycles. The third-order valence-corrected chi connectivity index (χ3v) is 1.98. The van der Waals surface area contributed by atoms with E-state index in [9.17, 15) is 0 Å². The average Bonchev–Trinajstić information content (AvgIpc) is 2.52. The lowest BCUT2D eigenvalue weighted by Crippen LogP contribution is -1.71. The molecule has 0 saturated carbocycles. The van der Waals surface area contributed by atoms with Crippen molar-refractivity contribution >= 4 is 6.08 Å². The molecule has 0 N–H and O–H groups in total. The van der Waals surface area contributed by atoms with E-state index in [1.807, 2.05) is 77.1 Å². The summed E-state index contributed by atoms with van der Waals surface area (Å²) in [4.78, 5) is 0. The Morgan fingerprint density at radius 1 is 1.00 bits per heavy atom. The molecule has 0 fully saturated rings. The lowest BCUT2D eigenvalue weighted by atomic mass is 10.1. The number of rotatable bonds is 4. The molecule has 19 heavy (non-hydrogen) atoms. The number of hydrogen-bond donors (Lipinski definition) is 0. The first-order valence-corrected chi connectivity index (χ1v) is 7.05. The van der Waals surface area contributed by atoms with E-state index >= 15 is 0 Å². The van der Waals surface area contributed by atoms with Gasteiger partial charge in [0.25, 0.3) is 0 Å². The van der Waals surface area contributed by atoms with Crippen molar-refractivity contribution < 1.29 is 0 Å². The molecular formula is C19H28. The van der Waals surface area contributed by atoms with Gasteiger partial charge >= 0.3 is 0 Å². The fourth-order valence-corrected chi connectivity index (χ4v) is 1.16. The van der Waals surface area contributed by atoms with Crippen molar-refractivity contribution in [2.45, 2.75) is 34.6 Å². The molecule has 0 unspecified atom stereocenters. The maximum atomic E-state index is 3.77. The van der Waals surface area contributed by atoms with Crippen molar-refractivity contribution in [3.05, 3.63) is 78.4 Å². The molecule has 0 aliphatic carbocycles. The zero-order valence-electron chi connectivity index (χ0n) is 13.1. The van der Waals surface area contributed by atoms with E-state index in [0.29, 0.717) is 0 Å². The molecule has 0 heterocycles. The van der Waals surface area contributed by atoms with Gasteiger partial charge in [0.15, 0.2) is 0 Å². The van der Waals surface area contributed by atoms with Gasteiger partial charge in [0.1, 0.15) is 0 Å². The summed E-state index contributed by atoms with van der Waals surface area (Å²) >= 11 is 0. The zero-order valence-corrected chi connectivity index (χ0v) is 13.1. The highest BCUT2D eigenvalue weighted by Gasteiger charge is 1.84. The maximum absolute atomic E-state index is 3.77. The van der Waals surface area contributed by atoms with Crippen molar-refractivity contribution in [3.8, 4) is 0 Å². The van der Waals surface area contributed by atoms with Crippen LogP contribution in [0.2, 0.25) is 0 Å². The van der Waals surface area contributed by atoms with Gasteiger partial charge in [-0.15, -0.1) is 0 Å². The van der Waals surface area contributed by atoms with Gasteiger partial charge in [-0.25, -0.2) is 0 Å². The molecule has 0 nitrogen and oxygen atoms in total. The highest BCUT2D eigenvalue weighted by atomic mass is 13.9. The highest BCUT2D eigenvalue weighted by molar-refractivity contribution is 5.54. The average molecular weight is 256 g/mol. The Hall–Kier alpha value is -1.82. The van der Waals surface area contributed by atoms with E-state index in [-0.39, 0.29) is 0 Å². The van der Waals surface area contributed by atoms with Gasteiger partial charge in [0, 0.05) is 0 Å². The van der Waals surface area contributed by atoms with Crippen LogP contribution in [0.15, 0.2) is 72.9 Å². The highest BCUT2D eigenvalue weighted by Crippen LogP contribution is 2.05. The van der Waals surface area contributed by atoms with Crippen LogP contribution in [0.25, 0.3) is 6.08 Å². The molecule has 1 rings (SSSR count). The quantitative estimate of drug-likeness (QED) is 0.544. The number of hydrogen-bond acceptors (Lipinski definition) is 0. The van der Waals surface area contributed by atoms with Crippen molar-refractivity contribution in [3.63, 3.8) is 0 Å².